The number of aromatic nitrogens is 3. The second-order valence-corrected chi connectivity index (χ2v) is 8.26. The Morgan fingerprint density at radius 2 is 1.81 bits per heavy atom. The molecule has 3 fully saturated rings. The Kier molecular flexibility index (Phi) is 4.41. The van der Waals surface area contributed by atoms with E-state index in [4.69, 9.17) is 4.74 Å². The maximum Gasteiger partial charge on any atom is 0.213 e. The van der Waals surface area contributed by atoms with Gasteiger partial charge in [0.15, 0.2) is 0 Å². The van der Waals surface area contributed by atoms with Crippen molar-refractivity contribution >= 4 is 0 Å². The van der Waals surface area contributed by atoms with E-state index in [0.717, 1.165) is 36.6 Å². The van der Waals surface area contributed by atoms with Crippen LogP contribution in [0.25, 0.3) is 0 Å². The molecule has 0 unspecified atom stereocenters. The lowest BCUT2D eigenvalue weighted by Gasteiger charge is -2.37. The van der Waals surface area contributed by atoms with E-state index in [-0.39, 0.29) is 6.10 Å². The van der Waals surface area contributed by atoms with Crippen LogP contribution in [0.15, 0.2) is 42.9 Å². The lowest BCUT2D eigenvalue weighted by molar-refractivity contribution is 0.0459. The van der Waals surface area contributed by atoms with Crippen molar-refractivity contribution in [1.82, 2.24) is 19.7 Å². The first kappa shape index (κ1) is 16.3. The van der Waals surface area contributed by atoms with E-state index in [9.17, 15) is 0 Å². The Morgan fingerprint density at radius 1 is 0.962 bits per heavy atom. The van der Waals surface area contributed by atoms with Crippen molar-refractivity contribution in [2.75, 3.05) is 13.1 Å². The molecule has 2 aromatic heterocycles. The van der Waals surface area contributed by atoms with Gasteiger partial charge >= 0.3 is 0 Å². The summed E-state index contributed by atoms with van der Waals surface area (Å²) in [5, 5.41) is 4.55. The summed E-state index contributed by atoms with van der Waals surface area (Å²) in [7, 11) is 0. The zero-order chi connectivity index (χ0) is 17.3. The third-order valence-corrected chi connectivity index (χ3v) is 6.73. The van der Waals surface area contributed by atoms with E-state index in [1.54, 1.807) is 6.20 Å². The highest BCUT2D eigenvalue weighted by molar-refractivity contribution is 5.11. The first-order valence-corrected chi connectivity index (χ1v) is 10.2. The number of fused-ring (bicyclic) bond motifs is 1. The maximum atomic E-state index is 6.37. The zero-order valence-corrected chi connectivity index (χ0v) is 15.3. The fourth-order valence-electron chi connectivity index (χ4n) is 5.45. The van der Waals surface area contributed by atoms with Crippen molar-refractivity contribution < 1.29 is 4.74 Å². The third kappa shape index (κ3) is 3.13. The normalized spacial score (nSPS) is 32.6. The predicted molar refractivity (Wildman–Crippen MR) is 100.0 cm³/mol. The van der Waals surface area contributed by atoms with E-state index in [1.165, 1.54) is 38.8 Å². The van der Waals surface area contributed by atoms with Gasteiger partial charge in [-0.1, -0.05) is 18.9 Å². The molecule has 1 saturated heterocycles. The van der Waals surface area contributed by atoms with Gasteiger partial charge in [-0.2, -0.15) is 5.10 Å². The average molecular weight is 352 g/mol. The molecule has 5 heteroatoms. The van der Waals surface area contributed by atoms with Crippen molar-refractivity contribution in [2.24, 2.45) is 11.8 Å². The minimum atomic E-state index is 0.148. The van der Waals surface area contributed by atoms with Crippen molar-refractivity contribution in [3.63, 3.8) is 0 Å². The van der Waals surface area contributed by atoms with Crippen LogP contribution < -0.4 is 4.74 Å². The second-order valence-electron chi connectivity index (χ2n) is 8.26. The van der Waals surface area contributed by atoms with Crippen LogP contribution in [0.3, 0.4) is 0 Å². The van der Waals surface area contributed by atoms with Crippen LogP contribution >= 0.6 is 0 Å². The Bertz CT molecular complexity index is 698. The summed E-state index contributed by atoms with van der Waals surface area (Å²) in [6.45, 7) is 2.52. The number of hydrogen-bond acceptors (Lipinski definition) is 4. The SMILES string of the molecule is c1ccc(O[C@H]2C[C@@H]3CN(C4CCCC4)C[C@@H]3C[C@@H]2n2cccn2)nc1. The van der Waals surface area contributed by atoms with Gasteiger partial charge in [0, 0.05) is 43.8 Å². The highest BCUT2D eigenvalue weighted by Gasteiger charge is 2.45. The lowest BCUT2D eigenvalue weighted by atomic mass is 9.77. The summed E-state index contributed by atoms with van der Waals surface area (Å²) in [5.74, 6) is 2.25. The highest BCUT2D eigenvalue weighted by atomic mass is 16.5. The number of pyridine rings is 1. The number of nitrogens with zero attached hydrogens (tertiary/aromatic N) is 4. The van der Waals surface area contributed by atoms with Gasteiger partial charge in [0.25, 0.3) is 0 Å². The highest BCUT2D eigenvalue weighted by Crippen LogP contribution is 2.44. The van der Waals surface area contributed by atoms with Crippen molar-refractivity contribution in [1.29, 1.82) is 0 Å². The van der Waals surface area contributed by atoms with Gasteiger partial charge in [0.1, 0.15) is 6.10 Å². The minimum Gasteiger partial charge on any atom is -0.472 e. The molecule has 1 aliphatic heterocycles. The fourth-order valence-corrected chi connectivity index (χ4v) is 5.45. The monoisotopic (exact) mass is 352 g/mol. The average Bonchev–Trinajstić information content (AvgIpc) is 3.42. The zero-order valence-electron chi connectivity index (χ0n) is 15.3. The first-order chi connectivity index (χ1) is 12.9. The molecule has 138 valence electrons. The minimum absolute atomic E-state index is 0.148. The molecule has 0 N–H and O–H groups in total. The molecule has 26 heavy (non-hydrogen) atoms. The van der Waals surface area contributed by atoms with Crippen LogP contribution in [0.2, 0.25) is 0 Å². The van der Waals surface area contributed by atoms with E-state index in [0.29, 0.717) is 6.04 Å². The Morgan fingerprint density at radius 3 is 2.54 bits per heavy atom. The Balaban J connectivity index is 1.35. The molecule has 5 nitrogen and oxygen atoms in total. The molecule has 2 saturated carbocycles. The molecule has 0 radical (unpaired) electrons. The molecular formula is C21H28N4O. The molecule has 2 aromatic rings. The summed E-state index contributed by atoms with van der Waals surface area (Å²) in [4.78, 5) is 7.17. The summed E-state index contributed by atoms with van der Waals surface area (Å²) < 4.78 is 8.48. The van der Waals surface area contributed by atoms with Crippen LogP contribution in [0.5, 0.6) is 5.88 Å². The molecule has 0 amide bonds. The van der Waals surface area contributed by atoms with Gasteiger partial charge in [0.2, 0.25) is 5.88 Å². The smallest absolute Gasteiger partial charge is 0.213 e. The van der Waals surface area contributed by atoms with Gasteiger partial charge in [-0.25, -0.2) is 4.98 Å². The fraction of sp³-hybridized carbons (Fsp3) is 0.619. The topological polar surface area (TPSA) is 43.2 Å². The molecule has 2 aliphatic carbocycles. The van der Waals surface area contributed by atoms with Crippen LogP contribution in [-0.4, -0.2) is 44.9 Å². The Labute approximate surface area is 155 Å². The van der Waals surface area contributed by atoms with Gasteiger partial charge in [-0.3, -0.25) is 9.58 Å². The Hall–Kier alpha value is -1.88. The first-order valence-electron chi connectivity index (χ1n) is 10.2. The van der Waals surface area contributed by atoms with Crippen LogP contribution in [0.4, 0.5) is 0 Å². The quantitative estimate of drug-likeness (QED) is 0.844. The van der Waals surface area contributed by atoms with Gasteiger partial charge in [-0.05, 0) is 49.7 Å². The molecule has 4 atom stereocenters. The van der Waals surface area contributed by atoms with Crippen molar-refractivity contribution in [3.05, 3.63) is 42.9 Å². The molecular weight excluding hydrogens is 324 g/mol. The second kappa shape index (κ2) is 7.03. The summed E-state index contributed by atoms with van der Waals surface area (Å²) >= 11 is 0. The van der Waals surface area contributed by atoms with Crippen LogP contribution in [0.1, 0.15) is 44.6 Å². The van der Waals surface area contributed by atoms with E-state index in [2.05, 4.69) is 25.9 Å². The standard InChI is InChI=1S/C21H28N4O/c1-2-7-18(6-1)24-14-16-12-19(25-11-5-10-23-25)20(13-17(16)15-24)26-21-8-3-4-9-22-21/h3-5,8-11,16-20H,1-2,6-7,12-15H2/t16-,17+,19-,20-/m0/s1. The van der Waals surface area contributed by atoms with E-state index < -0.39 is 0 Å². The van der Waals surface area contributed by atoms with Crippen LogP contribution in [-0.2, 0) is 0 Å². The molecule has 0 spiro atoms. The molecule has 3 heterocycles. The van der Waals surface area contributed by atoms with E-state index >= 15 is 0 Å². The maximum absolute atomic E-state index is 6.37. The van der Waals surface area contributed by atoms with Crippen molar-refractivity contribution in [2.45, 2.75) is 56.7 Å². The van der Waals surface area contributed by atoms with Crippen LogP contribution in [0, 0.1) is 11.8 Å². The number of likely N-dealkylation sites (tertiary alicyclic amines) is 1. The van der Waals surface area contributed by atoms with Gasteiger partial charge in [0.05, 0.1) is 6.04 Å². The lowest BCUT2D eigenvalue weighted by Crippen LogP contribution is -2.40. The number of ether oxygens (including phenoxy) is 1. The molecule has 0 aromatic carbocycles. The van der Waals surface area contributed by atoms with Crippen molar-refractivity contribution in [3.8, 4) is 5.88 Å². The summed E-state index contributed by atoms with van der Waals surface area (Å²) in [6, 6.07) is 9.05. The largest absolute Gasteiger partial charge is 0.472 e. The summed E-state index contributed by atoms with van der Waals surface area (Å²) in [5.41, 5.74) is 0. The molecule has 0 bridgehead atoms. The van der Waals surface area contributed by atoms with Gasteiger partial charge < -0.3 is 4.74 Å². The van der Waals surface area contributed by atoms with Gasteiger partial charge in [-0.15, -0.1) is 0 Å². The predicted octanol–water partition coefficient (Wildman–Crippen LogP) is 3.55. The number of rotatable bonds is 4. The molecule has 3 aliphatic rings. The van der Waals surface area contributed by atoms with E-state index in [1.807, 2.05) is 30.5 Å². The third-order valence-electron chi connectivity index (χ3n) is 6.73. The molecule has 5 rings (SSSR count). The number of hydrogen-bond donors (Lipinski definition) is 0. The summed E-state index contributed by atoms with van der Waals surface area (Å²) in [6.07, 6.45) is 13.8.